The van der Waals surface area contributed by atoms with Crippen molar-refractivity contribution < 1.29 is 4.79 Å². The van der Waals surface area contributed by atoms with Gasteiger partial charge in [0, 0.05) is 14.4 Å². The lowest BCUT2D eigenvalue weighted by Crippen LogP contribution is -2.39. The van der Waals surface area contributed by atoms with E-state index in [1.807, 2.05) is 18.2 Å². The zero-order valence-corrected chi connectivity index (χ0v) is 19.5. The minimum atomic E-state index is -0.636. The van der Waals surface area contributed by atoms with E-state index in [-0.39, 0.29) is 17.5 Å². The fourth-order valence-electron chi connectivity index (χ4n) is 3.85. The molecule has 1 heterocycles. The van der Waals surface area contributed by atoms with E-state index in [4.69, 9.17) is 5.73 Å². The van der Waals surface area contributed by atoms with E-state index in [1.165, 1.54) is 11.8 Å². The maximum Gasteiger partial charge on any atom is 0.234 e. The number of dihydropyridines is 1. The highest BCUT2D eigenvalue weighted by molar-refractivity contribution is 9.11. The van der Waals surface area contributed by atoms with Crippen molar-refractivity contribution in [2.24, 2.45) is 11.1 Å². The zero-order chi connectivity index (χ0) is 21.0. The van der Waals surface area contributed by atoms with Crippen molar-refractivity contribution in [2.45, 2.75) is 32.1 Å². The van der Waals surface area contributed by atoms with E-state index >= 15 is 0 Å². The Morgan fingerprint density at radius 2 is 1.90 bits per heavy atom. The molecule has 2 aliphatic rings. The number of anilines is 1. The Hall–Kier alpha value is -1.94. The lowest BCUT2D eigenvalue weighted by atomic mass is 9.64. The topological polar surface area (TPSA) is 115 Å². The first-order chi connectivity index (χ1) is 13.9. The quantitative estimate of drug-likeness (QED) is 0.506. The summed E-state index contributed by atoms with van der Waals surface area (Å²) in [5.74, 6) is 0.190. The van der Waals surface area contributed by atoms with Crippen LogP contribution < -0.4 is 16.4 Å². The number of nitrogens with two attached hydrogens (primary N) is 1. The molecule has 0 aromatic heterocycles. The molecule has 0 atom stereocenters. The van der Waals surface area contributed by atoms with Crippen LogP contribution in [0.15, 0.2) is 49.1 Å². The van der Waals surface area contributed by atoms with Crippen molar-refractivity contribution in [1.82, 2.24) is 5.32 Å². The number of benzene rings is 1. The first-order valence-corrected chi connectivity index (χ1v) is 11.7. The van der Waals surface area contributed by atoms with Gasteiger partial charge in [0.1, 0.15) is 5.82 Å². The van der Waals surface area contributed by atoms with Crippen LogP contribution in [0.5, 0.6) is 0 Å². The van der Waals surface area contributed by atoms with Crippen LogP contribution in [0.25, 0.3) is 0 Å². The fraction of sp³-hybridized carbons (Fsp3) is 0.350. The third-order valence-corrected chi connectivity index (χ3v) is 7.37. The minimum Gasteiger partial charge on any atom is -0.384 e. The molecular weight excluding hydrogens is 518 g/mol. The van der Waals surface area contributed by atoms with E-state index < -0.39 is 5.41 Å². The number of hydrogen-bond acceptors (Lipinski definition) is 6. The van der Waals surface area contributed by atoms with Crippen molar-refractivity contribution in [2.75, 3.05) is 11.1 Å². The van der Waals surface area contributed by atoms with Gasteiger partial charge in [-0.1, -0.05) is 47.0 Å². The second-order valence-corrected chi connectivity index (χ2v) is 9.70. The van der Waals surface area contributed by atoms with Crippen LogP contribution in [-0.4, -0.2) is 11.7 Å². The van der Waals surface area contributed by atoms with Gasteiger partial charge in [-0.15, -0.1) is 0 Å². The van der Waals surface area contributed by atoms with Gasteiger partial charge in [0.2, 0.25) is 5.91 Å². The SMILES string of the molecule is N#CC1=C(N)NC(SCC(=O)Nc2cc(Br)ccc2Br)=C(C#N)C12CCCCC2. The summed E-state index contributed by atoms with van der Waals surface area (Å²) in [7, 11) is 0. The van der Waals surface area contributed by atoms with Gasteiger partial charge < -0.3 is 16.4 Å². The van der Waals surface area contributed by atoms with Crippen LogP contribution in [-0.2, 0) is 4.79 Å². The maximum absolute atomic E-state index is 12.5. The van der Waals surface area contributed by atoms with Gasteiger partial charge in [-0.2, -0.15) is 10.5 Å². The van der Waals surface area contributed by atoms with Gasteiger partial charge in [0.05, 0.1) is 39.8 Å². The molecule has 0 saturated heterocycles. The molecule has 1 aromatic rings. The van der Waals surface area contributed by atoms with Crippen molar-refractivity contribution in [3.05, 3.63) is 49.1 Å². The van der Waals surface area contributed by atoms with Crippen LogP contribution >= 0.6 is 43.6 Å². The number of hydrogen-bond donors (Lipinski definition) is 3. The summed E-state index contributed by atoms with van der Waals surface area (Å²) >= 11 is 8.04. The molecule has 1 amide bonds. The molecule has 3 rings (SSSR count). The molecule has 0 unspecified atom stereocenters. The van der Waals surface area contributed by atoms with Gasteiger partial charge in [-0.05, 0) is 47.0 Å². The standard InChI is InChI=1S/C20H19Br2N5OS/c21-12-4-5-15(22)16(8-12)26-17(28)11-29-19-14(10-24)20(6-2-1-3-7-20)13(9-23)18(25)27-19/h4-5,8,27H,1-3,6-7,11,25H2,(H,26,28). The van der Waals surface area contributed by atoms with Crippen LogP contribution in [0.3, 0.4) is 0 Å². The molecule has 1 aliphatic carbocycles. The van der Waals surface area contributed by atoms with Gasteiger partial charge >= 0.3 is 0 Å². The van der Waals surface area contributed by atoms with Crippen LogP contribution in [0.1, 0.15) is 32.1 Å². The van der Waals surface area contributed by atoms with E-state index in [0.29, 0.717) is 21.9 Å². The number of halogens is 2. The smallest absolute Gasteiger partial charge is 0.234 e. The molecule has 1 aliphatic heterocycles. The Bertz CT molecular complexity index is 984. The van der Waals surface area contributed by atoms with Crippen LogP contribution in [0.2, 0.25) is 0 Å². The number of nitrogens with zero attached hydrogens (tertiary/aromatic N) is 2. The number of amides is 1. The summed E-state index contributed by atoms with van der Waals surface area (Å²) in [6.07, 6.45) is 4.42. The number of rotatable bonds is 4. The van der Waals surface area contributed by atoms with Crippen LogP contribution in [0, 0.1) is 28.1 Å². The number of nitrogens with one attached hydrogen (secondary N) is 2. The van der Waals surface area contributed by atoms with Gasteiger partial charge in [-0.25, -0.2) is 0 Å². The summed E-state index contributed by atoms with van der Waals surface area (Å²) in [6, 6.07) is 10.0. The molecule has 1 aromatic carbocycles. The Morgan fingerprint density at radius 1 is 1.21 bits per heavy atom. The summed E-state index contributed by atoms with van der Waals surface area (Å²) in [5.41, 5.74) is 7.13. The fourth-order valence-corrected chi connectivity index (χ4v) is 5.48. The summed E-state index contributed by atoms with van der Waals surface area (Å²) in [6.45, 7) is 0. The predicted molar refractivity (Wildman–Crippen MR) is 121 cm³/mol. The monoisotopic (exact) mass is 535 g/mol. The molecule has 150 valence electrons. The highest BCUT2D eigenvalue weighted by atomic mass is 79.9. The maximum atomic E-state index is 12.5. The minimum absolute atomic E-state index is 0.109. The molecule has 1 spiro atoms. The third-order valence-electron chi connectivity index (χ3n) is 5.18. The first kappa shape index (κ1) is 21.8. The molecule has 9 heteroatoms. The molecule has 1 fully saturated rings. The van der Waals surface area contributed by atoms with Crippen molar-refractivity contribution in [1.29, 1.82) is 10.5 Å². The molecule has 6 nitrogen and oxygen atoms in total. The molecule has 1 saturated carbocycles. The third kappa shape index (κ3) is 4.48. The van der Waals surface area contributed by atoms with E-state index in [9.17, 15) is 15.3 Å². The first-order valence-electron chi connectivity index (χ1n) is 9.11. The number of thioether (sulfide) groups is 1. The molecular formula is C20H19Br2N5OS. The zero-order valence-electron chi connectivity index (χ0n) is 15.5. The summed E-state index contributed by atoms with van der Waals surface area (Å²) in [5, 5.41) is 26.0. The van der Waals surface area contributed by atoms with Crippen molar-refractivity contribution >= 4 is 55.2 Å². The van der Waals surface area contributed by atoms with Gasteiger partial charge in [0.15, 0.2) is 0 Å². The Labute approximate surface area is 190 Å². The average molecular weight is 537 g/mol. The highest BCUT2D eigenvalue weighted by Gasteiger charge is 2.45. The van der Waals surface area contributed by atoms with Crippen LogP contribution in [0.4, 0.5) is 5.69 Å². The van der Waals surface area contributed by atoms with E-state index in [1.54, 1.807) is 0 Å². The average Bonchev–Trinajstić information content (AvgIpc) is 2.70. The highest BCUT2D eigenvalue weighted by Crippen LogP contribution is 2.51. The molecule has 29 heavy (non-hydrogen) atoms. The Balaban J connectivity index is 1.80. The largest absolute Gasteiger partial charge is 0.384 e. The predicted octanol–water partition coefficient (Wildman–Crippen LogP) is 4.87. The normalized spacial score (nSPS) is 18.1. The van der Waals surface area contributed by atoms with Crippen molar-refractivity contribution in [3.8, 4) is 12.1 Å². The summed E-state index contributed by atoms with van der Waals surface area (Å²) < 4.78 is 1.63. The van der Waals surface area contributed by atoms with Gasteiger partial charge in [-0.3, -0.25) is 4.79 Å². The second-order valence-electron chi connectivity index (χ2n) is 6.95. The number of carbonyl (C=O) groups excluding carboxylic acids is 1. The number of nitriles is 2. The summed E-state index contributed by atoms with van der Waals surface area (Å²) in [4.78, 5) is 12.5. The Morgan fingerprint density at radius 3 is 2.55 bits per heavy atom. The molecule has 4 N–H and O–H groups in total. The molecule has 0 radical (unpaired) electrons. The Kier molecular flexibility index (Phi) is 6.94. The number of allylic oxidation sites excluding steroid dienone is 2. The van der Waals surface area contributed by atoms with Crippen molar-refractivity contribution in [3.63, 3.8) is 0 Å². The van der Waals surface area contributed by atoms with E-state index in [0.717, 1.165) is 41.0 Å². The number of carbonyl (C=O) groups is 1. The molecule has 0 bridgehead atoms. The second kappa shape index (κ2) is 9.25. The lowest BCUT2D eigenvalue weighted by Gasteiger charge is -2.40. The van der Waals surface area contributed by atoms with Gasteiger partial charge in [0.25, 0.3) is 0 Å². The van der Waals surface area contributed by atoms with E-state index in [2.05, 4.69) is 54.6 Å². The lowest BCUT2D eigenvalue weighted by molar-refractivity contribution is -0.113.